The summed E-state index contributed by atoms with van der Waals surface area (Å²) in [5.41, 5.74) is 0.219. The molecule has 15 heavy (non-hydrogen) atoms. The molecule has 0 bridgehead atoms. The molecule has 1 heterocycles. The quantitative estimate of drug-likeness (QED) is 0.669. The number of hydrogen-bond donors (Lipinski definition) is 0. The first-order chi connectivity index (χ1) is 7.20. The van der Waals surface area contributed by atoms with Crippen LogP contribution in [0.3, 0.4) is 0 Å². The topological polar surface area (TPSA) is 39.2 Å². The molecule has 0 saturated heterocycles. The van der Waals surface area contributed by atoms with Crippen molar-refractivity contribution in [2.24, 2.45) is 0 Å². The van der Waals surface area contributed by atoms with Gasteiger partial charge in [-0.05, 0) is 23.6 Å². The number of aromatic nitrogens is 1. The molecule has 3 nitrogen and oxygen atoms in total. The molecular weight excluding hydrogens is 197 g/mol. The first-order valence-electron chi connectivity index (χ1n) is 4.34. The lowest BCUT2D eigenvalue weighted by Gasteiger charge is -2.00. The van der Waals surface area contributed by atoms with E-state index in [1.165, 1.54) is 25.4 Å². The van der Waals surface area contributed by atoms with Gasteiger partial charge in [-0.3, -0.25) is 0 Å². The number of esters is 1. The van der Waals surface area contributed by atoms with Gasteiger partial charge in [-0.1, -0.05) is 6.07 Å². The zero-order chi connectivity index (χ0) is 10.8. The predicted molar refractivity (Wildman–Crippen MR) is 53.0 cm³/mol. The number of carbonyl (C=O) groups is 1. The zero-order valence-corrected chi connectivity index (χ0v) is 8.03. The minimum absolute atomic E-state index is 0.219. The van der Waals surface area contributed by atoms with Crippen LogP contribution in [0.5, 0.6) is 0 Å². The van der Waals surface area contributed by atoms with Gasteiger partial charge in [0.2, 0.25) is 0 Å². The molecule has 0 atom stereocenters. The maximum Gasteiger partial charge on any atom is 0.356 e. The zero-order valence-electron chi connectivity index (χ0n) is 8.03. The first kappa shape index (κ1) is 9.58. The van der Waals surface area contributed by atoms with Crippen LogP contribution in [0, 0.1) is 5.82 Å². The Bertz CT molecular complexity index is 525. The largest absolute Gasteiger partial charge is 0.464 e. The Morgan fingerprint density at radius 2 is 2.13 bits per heavy atom. The Morgan fingerprint density at radius 1 is 1.33 bits per heavy atom. The summed E-state index contributed by atoms with van der Waals surface area (Å²) in [7, 11) is 1.29. The van der Waals surface area contributed by atoms with Crippen molar-refractivity contribution in [3.8, 4) is 0 Å². The summed E-state index contributed by atoms with van der Waals surface area (Å²) >= 11 is 0. The molecule has 0 fully saturated rings. The number of benzene rings is 1. The number of rotatable bonds is 1. The maximum absolute atomic E-state index is 12.8. The second kappa shape index (κ2) is 3.65. The average molecular weight is 205 g/mol. The second-order valence-electron chi connectivity index (χ2n) is 3.05. The number of carbonyl (C=O) groups excluding carboxylic acids is 1. The van der Waals surface area contributed by atoms with E-state index in [-0.39, 0.29) is 11.5 Å². The van der Waals surface area contributed by atoms with E-state index >= 15 is 0 Å². The van der Waals surface area contributed by atoms with Gasteiger partial charge in [-0.25, -0.2) is 14.2 Å². The Morgan fingerprint density at radius 3 is 2.87 bits per heavy atom. The summed E-state index contributed by atoms with van der Waals surface area (Å²) in [6, 6.07) is 5.87. The number of pyridine rings is 1. The van der Waals surface area contributed by atoms with Crippen LogP contribution < -0.4 is 0 Å². The number of hydrogen-bond acceptors (Lipinski definition) is 3. The van der Waals surface area contributed by atoms with Gasteiger partial charge in [-0.2, -0.15) is 0 Å². The average Bonchev–Trinajstić information content (AvgIpc) is 2.27. The first-order valence-corrected chi connectivity index (χ1v) is 4.34. The third kappa shape index (κ3) is 1.79. The van der Waals surface area contributed by atoms with E-state index in [0.29, 0.717) is 5.39 Å². The molecule has 2 rings (SSSR count). The Kier molecular flexibility index (Phi) is 2.33. The molecule has 4 heteroatoms. The van der Waals surface area contributed by atoms with Gasteiger partial charge in [0, 0.05) is 11.6 Å². The lowest BCUT2D eigenvalue weighted by molar-refractivity contribution is 0.0594. The smallest absolute Gasteiger partial charge is 0.356 e. The second-order valence-corrected chi connectivity index (χ2v) is 3.05. The van der Waals surface area contributed by atoms with Crippen molar-refractivity contribution in [3.63, 3.8) is 0 Å². The number of methoxy groups -OCH3 is 1. The van der Waals surface area contributed by atoms with E-state index in [1.807, 2.05) is 0 Å². The number of ether oxygens (including phenoxy) is 1. The van der Waals surface area contributed by atoms with E-state index in [9.17, 15) is 9.18 Å². The highest BCUT2D eigenvalue weighted by atomic mass is 19.1. The van der Waals surface area contributed by atoms with Gasteiger partial charge >= 0.3 is 5.97 Å². The van der Waals surface area contributed by atoms with Crippen LogP contribution in [0.1, 0.15) is 10.5 Å². The van der Waals surface area contributed by atoms with Crippen molar-refractivity contribution in [2.75, 3.05) is 7.11 Å². The lowest BCUT2D eigenvalue weighted by Crippen LogP contribution is -2.03. The Balaban J connectivity index is 2.57. The summed E-state index contributed by atoms with van der Waals surface area (Å²) < 4.78 is 17.4. The molecule has 0 amide bonds. The fourth-order valence-corrected chi connectivity index (χ4v) is 1.33. The van der Waals surface area contributed by atoms with Crippen molar-refractivity contribution in [1.29, 1.82) is 0 Å². The van der Waals surface area contributed by atoms with Crippen LogP contribution in [0.15, 0.2) is 30.5 Å². The highest BCUT2D eigenvalue weighted by molar-refractivity contribution is 5.92. The molecule has 0 saturated carbocycles. The van der Waals surface area contributed by atoms with Gasteiger partial charge in [0.05, 0.1) is 7.11 Å². The van der Waals surface area contributed by atoms with Crippen LogP contribution in [0.4, 0.5) is 4.39 Å². The minimum Gasteiger partial charge on any atom is -0.464 e. The predicted octanol–water partition coefficient (Wildman–Crippen LogP) is 2.16. The standard InChI is InChI=1S/C11H8FNO2/c1-15-11(14)10-5-7-2-3-9(12)4-8(7)6-13-10/h2-6H,1H3. The van der Waals surface area contributed by atoms with Crippen LogP contribution in [-0.2, 0) is 4.74 Å². The van der Waals surface area contributed by atoms with Gasteiger partial charge in [0.15, 0.2) is 0 Å². The lowest BCUT2D eigenvalue weighted by atomic mass is 10.1. The van der Waals surface area contributed by atoms with Gasteiger partial charge in [-0.15, -0.1) is 0 Å². The highest BCUT2D eigenvalue weighted by Gasteiger charge is 2.07. The van der Waals surface area contributed by atoms with Crippen LogP contribution in [0.25, 0.3) is 10.8 Å². The third-order valence-electron chi connectivity index (χ3n) is 2.08. The molecule has 0 aliphatic heterocycles. The Hall–Kier alpha value is -1.97. The van der Waals surface area contributed by atoms with E-state index in [4.69, 9.17) is 0 Å². The maximum atomic E-state index is 12.8. The van der Waals surface area contributed by atoms with Crippen molar-refractivity contribution >= 4 is 16.7 Å². The molecule has 0 aliphatic rings. The molecule has 0 aliphatic carbocycles. The van der Waals surface area contributed by atoms with Crippen LogP contribution in [0.2, 0.25) is 0 Å². The normalized spacial score (nSPS) is 10.3. The number of nitrogens with zero attached hydrogens (tertiary/aromatic N) is 1. The summed E-state index contributed by atoms with van der Waals surface area (Å²) in [5, 5.41) is 1.41. The van der Waals surface area contributed by atoms with Crippen molar-refractivity contribution < 1.29 is 13.9 Å². The summed E-state index contributed by atoms with van der Waals surface area (Å²) in [5.74, 6) is -0.823. The van der Waals surface area contributed by atoms with Crippen LogP contribution >= 0.6 is 0 Å². The summed E-state index contributed by atoms with van der Waals surface area (Å²) in [4.78, 5) is 15.0. The van der Waals surface area contributed by atoms with E-state index in [2.05, 4.69) is 9.72 Å². The van der Waals surface area contributed by atoms with Gasteiger partial charge < -0.3 is 4.74 Å². The highest BCUT2D eigenvalue weighted by Crippen LogP contribution is 2.15. The fourth-order valence-electron chi connectivity index (χ4n) is 1.33. The molecule has 0 N–H and O–H groups in total. The molecule has 2 aromatic rings. The van der Waals surface area contributed by atoms with Gasteiger partial charge in [0.1, 0.15) is 11.5 Å². The molecule has 0 unspecified atom stereocenters. The molecular formula is C11H8FNO2. The monoisotopic (exact) mass is 205 g/mol. The molecule has 1 aromatic heterocycles. The van der Waals surface area contributed by atoms with Crippen molar-refractivity contribution in [1.82, 2.24) is 4.98 Å². The van der Waals surface area contributed by atoms with Crippen LogP contribution in [-0.4, -0.2) is 18.1 Å². The van der Waals surface area contributed by atoms with Crippen molar-refractivity contribution in [2.45, 2.75) is 0 Å². The molecule has 0 radical (unpaired) electrons. The van der Waals surface area contributed by atoms with E-state index in [1.54, 1.807) is 12.1 Å². The van der Waals surface area contributed by atoms with Crippen molar-refractivity contribution in [3.05, 3.63) is 42.0 Å². The number of fused-ring (bicyclic) bond motifs is 1. The molecule has 1 aromatic carbocycles. The van der Waals surface area contributed by atoms with Gasteiger partial charge in [0.25, 0.3) is 0 Å². The molecule has 0 spiro atoms. The summed E-state index contributed by atoms with van der Waals surface area (Å²) in [6.45, 7) is 0. The summed E-state index contributed by atoms with van der Waals surface area (Å²) in [6.07, 6.45) is 1.45. The Labute approximate surface area is 85.5 Å². The minimum atomic E-state index is -0.499. The SMILES string of the molecule is COC(=O)c1cc2ccc(F)cc2cn1. The number of halogens is 1. The van der Waals surface area contributed by atoms with E-state index < -0.39 is 5.97 Å². The van der Waals surface area contributed by atoms with E-state index in [0.717, 1.165) is 5.39 Å². The third-order valence-corrected chi connectivity index (χ3v) is 2.08. The fraction of sp³-hybridized carbons (Fsp3) is 0.0909. The molecule has 76 valence electrons.